The van der Waals surface area contributed by atoms with Gasteiger partial charge >= 0.3 is 0 Å². The van der Waals surface area contributed by atoms with Gasteiger partial charge in [-0.3, -0.25) is 0 Å². The maximum atomic E-state index is 9.17. The summed E-state index contributed by atoms with van der Waals surface area (Å²) in [7, 11) is 0. The lowest BCUT2D eigenvalue weighted by molar-refractivity contribution is 0.974. The first-order valence-corrected chi connectivity index (χ1v) is 6.56. The highest BCUT2D eigenvalue weighted by atomic mass is 35.5. The molecule has 94 valence electrons. The van der Waals surface area contributed by atoms with Gasteiger partial charge < -0.3 is 0 Å². The van der Waals surface area contributed by atoms with Crippen LogP contribution in [0, 0.1) is 11.3 Å². The molecule has 2 heteroatoms. The van der Waals surface area contributed by atoms with Gasteiger partial charge in [-0.25, -0.2) is 0 Å². The molecule has 1 nitrogen and oxygen atoms in total. The fourth-order valence-electron chi connectivity index (χ4n) is 1.84. The van der Waals surface area contributed by atoms with Crippen LogP contribution in [0.5, 0.6) is 0 Å². The number of benzene rings is 2. The zero-order valence-corrected chi connectivity index (χ0v) is 11.3. The molecule has 0 spiro atoms. The lowest BCUT2D eigenvalue weighted by atomic mass is 10.0. The Bertz CT molecular complexity index is 591. The minimum absolute atomic E-state index is 0.740. The average Bonchev–Trinajstić information content (AvgIpc) is 2.46. The van der Waals surface area contributed by atoms with Crippen molar-refractivity contribution in [2.24, 2.45) is 0 Å². The van der Waals surface area contributed by atoms with Crippen LogP contribution in [0.4, 0.5) is 0 Å². The Morgan fingerprint density at radius 2 is 1.74 bits per heavy atom. The molecule has 0 aliphatic carbocycles. The maximum Gasteiger partial charge on any atom is 0.0947 e. The number of aryl methyl sites for hydroxylation is 1. The second-order valence-corrected chi connectivity index (χ2v) is 4.75. The molecule has 0 atom stereocenters. The first-order valence-electron chi connectivity index (χ1n) is 6.18. The van der Waals surface area contributed by atoms with Crippen molar-refractivity contribution in [2.75, 3.05) is 0 Å². The minimum atomic E-state index is 0.740. The van der Waals surface area contributed by atoms with Crippen molar-refractivity contribution >= 4 is 17.7 Å². The summed E-state index contributed by atoms with van der Waals surface area (Å²) in [5.41, 5.74) is 3.05. The number of rotatable bonds is 4. The third-order valence-corrected chi connectivity index (χ3v) is 3.13. The van der Waals surface area contributed by atoms with Gasteiger partial charge in [0, 0.05) is 10.6 Å². The fourth-order valence-corrected chi connectivity index (χ4v) is 1.97. The van der Waals surface area contributed by atoms with Crippen molar-refractivity contribution < 1.29 is 0 Å². The average molecular weight is 268 g/mol. The largest absolute Gasteiger partial charge is 0.193 e. The Hall–Kier alpha value is -2.04. The molecule has 0 aromatic heterocycles. The van der Waals surface area contributed by atoms with Gasteiger partial charge in [0.15, 0.2) is 0 Å². The molecule has 0 saturated heterocycles. The smallest absolute Gasteiger partial charge is 0.0947 e. The number of nitrogens with zero attached hydrogens (tertiary/aromatic N) is 1. The van der Waals surface area contributed by atoms with Gasteiger partial charge in [-0.2, -0.15) is 5.26 Å². The summed E-state index contributed by atoms with van der Waals surface area (Å²) in [4.78, 5) is 0. The third kappa shape index (κ3) is 4.28. The van der Waals surface area contributed by atoms with Crippen LogP contribution in [0.3, 0.4) is 0 Å². The standard InChI is InChI=1S/C17H14ClN/c18-17-10-8-14(9-11-17)6-7-16(13-19)12-15-4-2-1-3-5-15/h1-5,8-12H,6-7H2/b16-12-. The normalized spacial score (nSPS) is 11.1. The van der Waals surface area contributed by atoms with Gasteiger partial charge in [0.2, 0.25) is 0 Å². The summed E-state index contributed by atoms with van der Waals surface area (Å²) in [6, 6.07) is 19.9. The highest BCUT2D eigenvalue weighted by Gasteiger charge is 1.99. The number of halogens is 1. The monoisotopic (exact) mass is 267 g/mol. The van der Waals surface area contributed by atoms with Crippen LogP contribution >= 0.6 is 11.6 Å². The van der Waals surface area contributed by atoms with Gasteiger partial charge in [0.05, 0.1) is 6.07 Å². The van der Waals surface area contributed by atoms with E-state index in [0.29, 0.717) is 0 Å². The number of hydrogen-bond donors (Lipinski definition) is 0. The predicted molar refractivity (Wildman–Crippen MR) is 79.8 cm³/mol. The van der Waals surface area contributed by atoms with Gasteiger partial charge in [0.1, 0.15) is 0 Å². The van der Waals surface area contributed by atoms with E-state index in [1.165, 1.54) is 5.56 Å². The highest BCUT2D eigenvalue weighted by molar-refractivity contribution is 6.30. The molecule has 2 rings (SSSR count). The summed E-state index contributed by atoms with van der Waals surface area (Å²) in [5.74, 6) is 0. The number of hydrogen-bond acceptors (Lipinski definition) is 1. The van der Waals surface area contributed by atoms with Crippen molar-refractivity contribution in [3.05, 3.63) is 76.3 Å². The van der Waals surface area contributed by atoms with Crippen molar-refractivity contribution in [3.8, 4) is 6.07 Å². The molecular weight excluding hydrogens is 254 g/mol. The van der Waals surface area contributed by atoms with E-state index in [2.05, 4.69) is 6.07 Å². The van der Waals surface area contributed by atoms with Crippen molar-refractivity contribution in [3.63, 3.8) is 0 Å². The molecule has 0 aliphatic heterocycles. The van der Waals surface area contributed by atoms with Crippen molar-refractivity contribution in [1.29, 1.82) is 5.26 Å². The molecule has 0 aliphatic rings. The molecule has 0 unspecified atom stereocenters. The van der Waals surface area contributed by atoms with Gasteiger partial charge in [-0.05, 0) is 42.2 Å². The van der Waals surface area contributed by atoms with Crippen LogP contribution in [0.15, 0.2) is 60.2 Å². The fraction of sp³-hybridized carbons (Fsp3) is 0.118. The Morgan fingerprint density at radius 3 is 2.37 bits per heavy atom. The van der Waals surface area contributed by atoms with E-state index >= 15 is 0 Å². The Morgan fingerprint density at radius 1 is 1.05 bits per heavy atom. The van der Waals surface area contributed by atoms with Crippen LogP contribution in [0.1, 0.15) is 17.5 Å². The van der Waals surface area contributed by atoms with Crippen LogP contribution in [0.2, 0.25) is 5.02 Å². The Kier molecular flexibility index (Phi) is 4.78. The van der Waals surface area contributed by atoms with E-state index in [4.69, 9.17) is 11.6 Å². The van der Waals surface area contributed by atoms with Crippen LogP contribution in [-0.2, 0) is 6.42 Å². The lowest BCUT2D eigenvalue weighted by Gasteiger charge is -2.01. The molecule has 0 fully saturated rings. The zero-order valence-electron chi connectivity index (χ0n) is 10.5. The molecule has 0 N–H and O–H groups in total. The topological polar surface area (TPSA) is 23.8 Å². The molecule has 0 amide bonds. The van der Waals surface area contributed by atoms with Crippen molar-refractivity contribution in [1.82, 2.24) is 0 Å². The quantitative estimate of drug-likeness (QED) is 0.724. The van der Waals surface area contributed by atoms with E-state index < -0.39 is 0 Å². The summed E-state index contributed by atoms with van der Waals surface area (Å²) in [5, 5.41) is 9.91. The molecule has 0 bridgehead atoms. The van der Waals surface area contributed by atoms with E-state index in [0.717, 1.165) is 29.0 Å². The Labute approximate surface area is 118 Å². The van der Waals surface area contributed by atoms with Crippen LogP contribution in [0.25, 0.3) is 6.08 Å². The maximum absolute atomic E-state index is 9.17. The van der Waals surface area contributed by atoms with Gasteiger partial charge in [0.25, 0.3) is 0 Å². The molecule has 19 heavy (non-hydrogen) atoms. The second kappa shape index (κ2) is 6.78. The minimum Gasteiger partial charge on any atom is -0.193 e. The summed E-state index contributed by atoms with van der Waals surface area (Å²) in [6.07, 6.45) is 3.53. The molecule has 0 radical (unpaired) electrons. The number of allylic oxidation sites excluding steroid dienone is 1. The SMILES string of the molecule is N#C/C(=C\c1ccccc1)CCc1ccc(Cl)cc1. The first kappa shape index (κ1) is 13.4. The molecule has 0 heterocycles. The van der Waals surface area contributed by atoms with E-state index in [1.807, 2.05) is 60.7 Å². The van der Waals surface area contributed by atoms with E-state index in [-0.39, 0.29) is 0 Å². The third-order valence-electron chi connectivity index (χ3n) is 2.88. The molecular formula is C17H14ClN. The molecule has 2 aromatic carbocycles. The Balaban J connectivity index is 2.02. The lowest BCUT2D eigenvalue weighted by Crippen LogP contribution is -1.87. The second-order valence-electron chi connectivity index (χ2n) is 4.32. The molecule has 2 aromatic rings. The summed E-state index contributed by atoms with van der Waals surface area (Å²) in [6.45, 7) is 0. The van der Waals surface area contributed by atoms with Crippen LogP contribution < -0.4 is 0 Å². The first-order chi connectivity index (χ1) is 9.28. The van der Waals surface area contributed by atoms with Crippen LogP contribution in [-0.4, -0.2) is 0 Å². The number of nitriles is 1. The van der Waals surface area contributed by atoms with E-state index in [1.54, 1.807) is 0 Å². The molecule has 0 saturated carbocycles. The highest BCUT2D eigenvalue weighted by Crippen LogP contribution is 2.15. The summed E-state index contributed by atoms with van der Waals surface area (Å²) < 4.78 is 0. The zero-order chi connectivity index (χ0) is 13.5. The predicted octanol–water partition coefficient (Wildman–Crippen LogP) is 4.88. The van der Waals surface area contributed by atoms with Gasteiger partial charge in [-0.15, -0.1) is 0 Å². The van der Waals surface area contributed by atoms with Gasteiger partial charge in [-0.1, -0.05) is 54.1 Å². The summed E-state index contributed by atoms with van der Waals surface area (Å²) >= 11 is 5.85. The van der Waals surface area contributed by atoms with Crippen molar-refractivity contribution in [2.45, 2.75) is 12.8 Å². The van der Waals surface area contributed by atoms with E-state index in [9.17, 15) is 5.26 Å².